The number of rotatable bonds is 3. The zero-order valence-corrected chi connectivity index (χ0v) is 16.4. The predicted octanol–water partition coefficient (Wildman–Crippen LogP) is 4.62. The molecule has 3 rings (SSSR count). The van der Waals surface area contributed by atoms with Crippen LogP contribution in [0.25, 0.3) is 0 Å². The van der Waals surface area contributed by atoms with E-state index in [0.717, 1.165) is 21.0 Å². The number of halogens is 1. The maximum atomic E-state index is 12.4. The third-order valence-corrected chi connectivity index (χ3v) is 4.86. The molecule has 6 nitrogen and oxygen atoms in total. The van der Waals surface area contributed by atoms with Crippen LogP contribution in [-0.4, -0.2) is 22.6 Å². The molecule has 1 aliphatic rings. The molecule has 1 aromatic carbocycles. The summed E-state index contributed by atoms with van der Waals surface area (Å²) in [6.45, 7) is 5.94. The summed E-state index contributed by atoms with van der Waals surface area (Å²) in [4.78, 5) is 30.9. The van der Waals surface area contributed by atoms with Crippen molar-refractivity contribution < 1.29 is 14.3 Å². The lowest BCUT2D eigenvalue weighted by Gasteiger charge is -2.30. The first-order chi connectivity index (χ1) is 12.2. The Kier molecular flexibility index (Phi) is 5.20. The predicted molar refractivity (Wildman–Crippen MR) is 103 cm³/mol. The van der Waals surface area contributed by atoms with Crippen molar-refractivity contribution in [2.24, 2.45) is 0 Å². The van der Waals surface area contributed by atoms with E-state index in [2.05, 4.69) is 10.3 Å². The summed E-state index contributed by atoms with van der Waals surface area (Å²) in [5.74, 6) is -0.244. The van der Waals surface area contributed by atoms with Crippen LogP contribution in [0, 0.1) is 0 Å². The number of hydrogen-bond acceptors (Lipinski definition) is 6. The van der Waals surface area contributed by atoms with Crippen LogP contribution in [0.4, 0.5) is 16.2 Å². The quantitative estimate of drug-likeness (QED) is 0.823. The highest BCUT2D eigenvalue weighted by molar-refractivity contribution is 7.15. The Morgan fingerprint density at radius 3 is 2.81 bits per heavy atom. The van der Waals surface area contributed by atoms with Crippen LogP contribution in [-0.2, 0) is 22.5 Å². The highest BCUT2D eigenvalue weighted by atomic mass is 35.5. The number of carbonyl (C=O) groups excluding carboxylic acids is 2. The van der Waals surface area contributed by atoms with Crippen molar-refractivity contribution in [1.29, 1.82) is 0 Å². The van der Waals surface area contributed by atoms with E-state index in [9.17, 15) is 9.59 Å². The monoisotopic (exact) mass is 393 g/mol. The van der Waals surface area contributed by atoms with Crippen LogP contribution in [0.3, 0.4) is 0 Å². The average molecular weight is 394 g/mol. The van der Waals surface area contributed by atoms with Gasteiger partial charge in [0, 0.05) is 23.2 Å². The second-order valence-corrected chi connectivity index (χ2v) is 8.68. The van der Waals surface area contributed by atoms with Gasteiger partial charge in [0.2, 0.25) is 5.91 Å². The lowest BCUT2D eigenvalue weighted by molar-refractivity contribution is -0.118. The minimum absolute atomic E-state index is 0.244. The Hall–Kier alpha value is -2.12. The van der Waals surface area contributed by atoms with Gasteiger partial charge in [-0.15, -0.1) is 11.3 Å². The van der Waals surface area contributed by atoms with Crippen molar-refractivity contribution in [2.75, 3.05) is 10.2 Å². The normalized spacial score (nSPS) is 14.2. The molecule has 2 heterocycles. The molecule has 138 valence electrons. The van der Waals surface area contributed by atoms with Crippen molar-refractivity contribution >= 4 is 46.3 Å². The number of hydrogen-bond donors (Lipinski definition) is 1. The number of aryl methyl sites for hydroxylation is 1. The van der Waals surface area contributed by atoms with Gasteiger partial charge in [0.25, 0.3) is 0 Å². The van der Waals surface area contributed by atoms with Crippen LogP contribution in [0.15, 0.2) is 24.4 Å². The van der Waals surface area contributed by atoms with Gasteiger partial charge < -0.3 is 10.1 Å². The minimum Gasteiger partial charge on any atom is -0.443 e. The lowest BCUT2D eigenvalue weighted by atomic mass is 10.0. The molecule has 0 radical (unpaired) electrons. The van der Waals surface area contributed by atoms with Gasteiger partial charge in [0.1, 0.15) is 5.60 Å². The SMILES string of the molecule is CC(C)(C)OC(=O)N1C(=O)CCc2cc(NCc3cnc(Cl)s3)ccc21. The van der Waals surface area contributed by atoms with Gasteiger partial charge >= 0.3 is 6.09 Å². The number of thiazole rings is 1. The molecule has 2 aromatic rings. The Labute approximate surface area is 161 Å². The molecule has 2 amide bonds. The first-order valence-corrected chi connectivity index (χ1v) is 9.45. The lowest BCUT2D eigenvalue weighted by Crippen LogP contribution is -2.43. The minimum atomic E-state index is -0.660. The van der Waals surface area contributed by atoms with Gasteiger partial charge in [-0.05, 0) is 51.0 Å². The van der Waals surface area contributed by atoms with Crippen molar-refractivity contribution in [3.8, 4) is 0 Å². The van der Waals surface area contributed by atoms with E-state index in [1.165, 1.54) is 11.3 Å². The van der Waals surface area contributed by atoms with Gasteiger partial charge in [0.05, 0.1) is 12.2 Å². The smallest absolute Gasteiger partial charge is 0.421 e. The fourth-order valence-corrected chi connectivity index (χ4v) is 3.58. The van der Waals surface area contributed by atoms with Crippen molar-refractivity contribution in [3.05, 3.63) is 39.3 Å². The van der Waals surface area contributed by atoms with Crippen LogP contribution < -0.4 is 10.2 Å². The summed E-state index contributed by atoms with van der Waals surface area (Å²) >= 11 is 7.26. The molecule has 0 aliphatic carbocycles. The summed E-state index contributed by atoms with van der Waals surface area (Å²) < 4.78 is 5.89. The van der Waals surface area contributed by atoms with E-state index in [1.54, 1.807) is 33.0 Å². The molecular weight excluding hydrogens is 374 g/mol. The topological polar surface area (TPSA) is 71.5 Å². The molecule has 0 bridgehead atoms. The second-order valence-electron chi connectivity index (χ2n) is 6.99. The highest BCUT2D eigenvalue weighted by Crippen LogP contribution is 2.32. The van der Waals surface area contributed by atoms with Crippen molar-refractivity contribution in [1.82, 2.24) is 4.98 Å². The number of anilines is 2. The van der Waals surface area contributed by atoms with Gasteiger partial charge in [-0.3, -0.25) is 4.79 Å². The Morgan fingerprint density at radius 2 is 2.15 bits per heavy atom. The first-order valence-electron chi connectivity index (χ1n) is 8.26. The van der Waals surface area contributed by atoms with Gasteiger partial charge in [-0.1, -0.05) is 11.6 Å². The van der Waals surface area contributed by atoms with E-state index < -0.39 is 11.7 Å². The van der Waals surface area contributed by atoms with E-state index in [1.807, 2.05) is 12.1 Å². The number of imide groups is 1. The van der Waals surface area contributed by atoms with Gasteiger partial charge in [0.15, 0.2) is 4.47 Å². The standard InChI is InChI=1S/C18H20ClN3O3S/c1-18(2,3)25-17(24)22-14-6-5-12(8-11(14)4-7-15(22)23)20-9-13-10-21-16(19)26-13/h5-6,8,10,20H,4,7,9H2,1-3H3. The molecule has 0 unspecified atom stereocenters. The number of aromatic nitrogens is 1. The Morgan fingerprint density at radius 1 is 1.38 bits per heavy atom. The molecule has 1 aliphatic heterocycles. The molecule has 0 saturated heterocycles. The maximum Gasteiger partial charge on any atom is 0.421 e. The second kappa shape index (κ2) is 7.25. The first kappa shape index (κ1) is 18.7. The van der Waals surface area contributed by atoms with Gasteiger partial charge in [-0.25, -0.2) is 14.7 Å². The Balaban J connectivity index is 1.78. The number of nitrogens with one attached hydrogen (secondary N) is 1. The molecule has 0 fully saturated rings. The van der Waals surface area contributed by atoms with Crippen LogP contribution in [0.1, 0.15) is 37.6 Å². The van der Waals surface area contributed by atoms with Crippen LogP contribution in [0.2, 0.25) is 4.47 Å². The largest absolute Gasteiger partial charge is 0.443 e. The fourth-order valence-electron chi connectivity index (χ4n) is 2.66. The van der Waals surface area contributed by atoms with Gasteiger partial charge in [-0.2, -0.15) is 0 Å². The summed E-state index contributed by atoms with van der Waals surface area (Å²) in [7, 11) is 0. The summed E-state index contributed by atoms with van der Waals surface area (Å²) in [5.41, 5.74) is 1.77. The molecular formula is C18H20ClN3O3S. The van der Waals surface area contributed by atoms with Crippen molar-refractivity contribution in [2.45, 2.75) is 45.8 Å². The maximum absolute atomic E-state index is 12.4. The molecule has 0 saturated carbocycles. The number of fused-ring (bicyclic) bond motifs is 1. The third kappa shape index (κ3) is 4.34. The van der Waals surface area contributed by atoms with Crippen LogP contribution in [0.5, 0.6) is 0 Å². The number of carbonyl (C=O) groups is 2. The van der Waals surface area contributed by atoms with Crippen LogP contribution >= 0.6 is 22.9 Å². The summed E-state index contributed by atoms with van der Waals surface area (Å²) in [5, 5.41) is 3.31. The molecule has 0 atom stereocenters. The fraction of sp³-hybridized carbons (Fsp3) is 0.389. The molecule has 1 aromatic heterocycles. The van der Waals surface area contributed by atoms with E-state index >= 15 is 0 Å². The molecule has 26 heavy (non-hydrogen) atoms. The highest BCUT2D eigenvalue weighted by Gasteiger charge is 2.33. The molecule has 0 spiro atoms. The Bertz CT molecular complexity index is 844. The number of ether oxygens (including phenoxy) is 1. The zero-order valence-electron chi connectivity index (χ0n) is 14.8. The summed E-state index contributed by atoms with van der Waals surface area (Å²) in [6, 6.07) is 5.58. The number of nitrogens with zero attached hydrogens (tertiary/aromatic N) is 2. The summed E-state index contributed by atoms with van der Waals surface area (Å²) in [6.07, 6.45) is 1.97. The van der Waals surface area contributed by atoms with E-state index in [0.29, 0.717) is 23.1 Å². The number of benzene rings is 1. The zero-order chi connectivity index (χ0) is 18.9. The molecule has 1 N–H and O–H groups in total. The van der Waals surface area contributed by atoms with Crippen molar-refractivity contribution in [3.63, 3.8) is 0 Å². The molecule has 8 heteroatoms. The van der Waals surface area contributed by atoms with E-state index in [4.69, 9.17) is 16.3 Å². The number of amides is 2. The average Bonchev–Trinajstić information content (AvgIpc) is 2.96. The third-order valence-electron chi connectivity index (χ3n) is 3.75. The van der Waals surface area contributed by atoms with E-state index in [-0.39, 0.29) is 12.3 Å².